The van der Waals surface area contributed by atoms with Crippen molar-refractivity contribution in [3.8, 4) is 11.1 Å². The molecule has 0 amide bonds. The van der Waals surface area contributed by atoms with Crippen molar-refractivity contribution in [1.82, 2.24) is 4.57 Å². The first-order valence-corrected chi connectivity index (χ1v) is 8.77. The first-order valence-electron chi connectivity index (χ1n) is 8.77. The average Bonchev–Trinajstić information content (AvgIpc) is 3.07. The van der Waals surface area contributed by atoms with Crippen molar-refractivity contribution in [2.45, 2.75) is 39.3 Å². The Kier molecular flexibility index (Phi) is 5.36. The standard InChI is InChI=1S/C20H26N2O2/c1-15(2)7-10-22-11-8-17(13-20(22)23)16-3-5-18(6-4-16)21-19-9-12-24-14-19/h3-6,8,11,13,15,19,21H,7,9-10,12,14H2,1-2H3. The zero-order chi connectivity index (χ0) is 16.9. The molecule has 1 saturated heterocycles. The van der Waals surface area contributed by atoms with E-state index in [9.17, 15) is 4.79 Å². The normalized spacial score (nSPS) is 17.4. The van der Waals surface area contributed by atoms with Crippen LogP contribution in [0.25, 0.3) is 11.1 Å². The third-order valence-corrected chi connectivity index (χ3v) is 4.46. The van der Waals surface area contributed by atoms with Gasteiger partial charge in [0.2, 0.25) is 0 Å². The van der Waals surface area contributed by atoms with E-state index in [1.54, 1.807) is 10.6 Å². The van der Waals surface area contributed by atoms with Gasteiger partial charge in [0.1, 0.15) is 0 Å². The third kappa shape index (κ3) is 4.26. The summed E-state index contributed by atoms with van der Waals surface area (Å²) in [5.41, 5.74) is 3.20. The topological polar surface area (TPSA) is 43.3 Å². The number of rotatable bonds is 6. The number of hydrogen-bond acceptors (Lipinski definition) is 3. The monoisotopic (exact) mass is 326 g/mol. The fraction of sp³-hybridized carbons (Fsp3) is 0.450. The molecule has 0 spiro atoms. The highest BCUT2D eigenvalue weighted by Crippen LogP contribution is 2.21. The largest absolute Gasteiger partial charge is 0.380 e. The number of nitrogens with zero attached hydrogens (tertiary/aromatic N) is 1. The van der Waals surface area contributed by atoms with Crippen molar-refractivity contribution in [2.75, 3.05) is 18.5 Å². The van der Waals surface area contributed by atoms with Gasteiger partial charge in [-0.2, -0.15) is 0 Å². The summed E-state index contributed by atoms with van der Waals surface area (Å²) in [4.78, 5) is 12.3. The van der Waals surface area contributed by atoms with Crippen LogP contribution in [0.2, 0.25) is 0 Å². The number of ether oxygens (including phenoxy) is 1. The van der Waals surface area contributed by atoms with Crippen LogP contribution in [0.15, 0.2) is 47.4 Å². The molecule has 1 aliphatic rings. The lowest BCUT2D eigenvalue weighted by Gasteiger charge is -2.13. The number of aromatic nitrogens is 1. The Morgan fingerprint density at radius 1 is 1.21 bits per heavy atom. The summed E-state index contributed by atoms with van der Waals surface area (Å²) in [6, 6.07) is 12.4. The molecule has 24 heavy (non-hydrogen) atoms. The minimum Gasteiger partial charge on any atom is -0.380 e. The predicted octanol–water partition coefficient (Wildman–Crippen LogP) is 3.76. The van der Waals surface area contributed by atoms with Gasteiger partial charge in [0.05, 0.1) is 12.6 Å². The maximum atomic E-state index is 12.3. The second-order valence-corrected chi connectivity index (χ2v) is 6.91. The van der Waals surface area contributed by atoms with Crippen molar-refractivity contribution in [2.24, 2.45) is 5.92 Å². The highest BCUT2D eigenvalue weighted by molar-refractivity contribution is 5.65. The highest BCUT2D eigenvalue weighted by atomic mass is 16.5. The number of aryl methyl sites for hydroxylation is 1. The third-order valence-electron chi connectivity index (χ3n) is 4.46. The zero-order valence-electron chi connectivity index (χ0n) is 14.5. The molecule has 4 nitrogen and oxygen atoms in total. The van der Waals surface area contributed by atoms with E-state index in [1.807, 2.05) is 12.3 Å². The highest BCUT2D eigenvalue weighted by Gasteiger charge is 2.14. The maximum absolute atomic E-state index is 12.3. The van der Waals surface area contributed by atoms with Crippen LogP contribution in [0.5, 0.6) is 0 Å². The number of anilines is 1. The van der Waals surface area contributed by atoms with E-state index in [-0.39, 0.29) is 5.56 Å². The minimum atomic E-state index is 0.0680. The summed E-state index contributed by atoms with van der Waals surface area (Å²) in [7, 11) is 0. The van der Waals surface area contributed by atoms with Gasteiger partial charge in [0, 0.05) is 31.1 Å². The zero-order valence-corrected chi connectivity index (χ0v) is 14.5. The fourth-order valence-corrected chi connectivity index (χ4v) is 2.91. The smallest absolute Gasteiger partial charge is 0.251 e. The summed E-state index contributed by atoms with van der Waals surface area (Å²) in [6.07, 6.45) is 3.98. The van der Waals surface area contributed by atoms with Crippen LogP contribution in [0.3, 0.4) is 0 Å². The van der Waals surface area contributed by atoms with Crippen LogP contribution in [0.1, 0.15) is 26.7 Å². The molecule has 2 heterocycles. The number of nitrogens with one attached hydrogen (secondary N) is 1. The van der Waals surface area contributed by atoms with Crippen LogP contribution in [0.4, 0.5) is 5.69 Å². The van der Waals surface area contributed by atoms with Crippen molar-refractivity contribution in [3.05, 3.63) is 52.9 Å². The predicted molar refractivity (Wildman–Crippen MR) is 98.4 cm³/mol. The molecule has 2 aromatic rings. The molecule has 1 aliphatic heterocycles. The van der Waals surface area contributed by atoms with Gasteiger partial charge in [-0.25, -0.2) is 0 Å². The summed E-state index contributed by atoms with van der Waals surface area (Å²) < 4.78 is 7.17. The molecule has 0 bridgehead atoms. The summed E-state index contributed by atoms with van der Waals surface area (Å²) in [5, 5.41) is 3.48. The average molecular weight is 326 g/mol. The Morgan fingerprint density at radius 3 is 2.62 bits per heavy atom. The van der Waals surface area contributed by atoms with Gasteiger partial charge >= 0.3 is 0 Å². The quantitative estimate of drug-likeness (QED) is 0.879. The lowest BCUT2D eigenvalue weighted by Crippen LogP contribution is -2.19. The van der Waals surface area contributed by atoms with Crippen molar-refractivity contribution >= 4 is 5.69 Å². The molecule has 1 N–H and O–H groups in total. The Bertz CT molecular complexity index is 713. The molecule has 0 saturated carbocycles. The molecule has 1 atom stereocenters. The van der Waals surface area contributed by atoms with Gasteiger partial charge in [0.15, 0.2) is 0 Å². The molecule has 3 rings (SSSR count). The Hall–Kier alpha value is -2.07. The maximum Gasteiger partial charge on any atom is 0.251 e. The van der Waals surface area contributed by atoms with Crippen molar-refractivity contribution in [3.63, 3.8) is 0 Å². The lowest BCUT2D eigenvalue weighted by molar-refractivity contribution is 0.195. The van der Waals surface area contributed by atoms with Crippen molar-refractivity contribution < 1.29 is 4.74 Å². The van der Waals surface area contributed by atoms with E-state index in [0.29, 0.717) is 12.0 Å². The molecule has 1 aromatic carbocycles. The van der Waals surface area contributed by atoms with Crippen LogP contribution in [-0.4, -0.2) is 23.8 Å². The van der Waals surface area contributed by atoms with Gasteiger partial charge < -0.3 is 14.6 Å². The molecule has 1 aromatic heterocycles. The van der Waals surface area contributed by atoms with Crippen LogP contribution >= 0.6 is 0 Å². The Balaban J connectivity index is 1.69. The van der Waals surface area contributed by atoms with Crippen LogP contribution < -0.4 is 10.9 Å². The van der Waals surface area contributed by atoms with Gasteiger partial charge in [-0.15, -0.1) is 0 Å². The molecule has 4 heteroatoms. The summed E-state index contributed by atoms with van der Waals surface area (Å²) >= 11 is 0. The number of benzene rings is 1. The van der Waals surface area contributed by atoms with Crippen LogP contribution in [-0.2, 0) is 11.3 Å². The van der Waals surface area contributed by atoms with E-state index >= 15 is 0 Å². The SMILES string of the molecule is CC(C)CCn1ccc(-c2ccc(NC3CCOC3)cc2)cc1=O. The summed E-state index contributed by atoms with van der Waals surface area (Å²) in [5.74, 6) is 0.599. The second-order valence-electron chi connectivity index (χ2n) is 6.91. The molecular formula is C20H26N2O2. The number of hydrogen-bond donors (Lipinski definition) is 1. The van der Waals surface area contributed by atoms with Crippen molar-refractivity contribution in [1.29, 1.82) is 0 Å². The van der Waals surface area contributed by atoms with E-state index < -0.39 is 0 Å². The van der Waals surface area contributed by atoms with Gasteiger partial charge in [-0.3, -0.25) is 4.79 Å². The Labute approximate surface area is 143 Å². The second kappa shape index (κ2) is 7.67. The first kappa shape index (κ1) is 16.8. The Morgan fingerprint density at radius 2 is 2.00 bits per heavy atom. The van der Waals surface area contributed by atoms with Crippen LogP contribution in [0, 0.1) is 5.92 Å². The van der Waals surface area contributed by atoms with Gasteiger partial charge in [0.25, 0.3) is 5.56 Å². The molecular weight excluding hydrogens is 300 g/mol. The van der Waals surface area contributed by atoms with Gasteiger partial charge in [-0.1, -0.05) is 26.0 Å². The van der Waals surface area contributed by atoms with E-state index in [0.717, 1.165) is 49.4 Å². The molecule has 128 valence electrons. The molecule has 0 aliphatic carbocycles. The lowest BCUT2D eigenvalue weighted by atomic mass is 10.1. The minimum absolute atomic E-state index is 0.0680. The first-order chi connectivity index (χ1) is 11.6. The molecule has 1 unspecified atom stereocenters. The summed E-state index contributed by atoms with van der Waals surface area (Å²) in [6.45, 7) is 6.74. The van der Waals surface area contributed by atoms with E-state index in [4.69, 9.17) is 4.74 Å². The van der Waals surface area contributed by atoms with Gasteiger partial charge in [-0.05, 0) is 48.1 Å². The van der Waals surface area contributed by atoms with E-state index in [1.165, 1.54) is 0 Å². The molecule has 1 fully saturated rings. The molecule has 0 radical (unpaired) electrons. The fourth-order valence-electron chi connectivity index (χ4n) is 2.91. The van der Waals surface area contributed by atoms with E-state index in [2.05, 4.69) is 43.4 Å². The number of pyridine rings is 1.